The number of sulfonamides is 1. The molecule has 1 rings (SSSR count). The number of carbonyl (C=O) groups is 1. The molecule has 0 atom stereocenters. The molecule has 0 saturated heterocycles. The van der Waals surface area contributed by atoms with Crippen molar-refractivity contribution < 1.29 is 13.2 Å². The van der Waals surface area contributed by atoms with E-state index in [1.54, 1.807) is 18.2 Å². The highest BCUT2D eigenvalue weighted by Crippen LogP contribution is 2.34. The van der Waals surface area contributed by atoms with E-state index in [1.807, 2.05) is 13.8 Å². The Bertz CT molecular complexity index is 615. The summed E-state index contributed by atoms with van der Waals surface area (Å²) >= 11 is 12.1. The first-order chi connectivity index (χ1) is 10.1. The summed E-state index contributed by atoms with van der Waals surface area (Å²) in [6, 6.07) is 4.36. The lowest BCUT2D eigenvalue weighted by Gasteiger charge is -2.24. The van der Waals surface area contributed by atoms with Gasteiger partial charge in [0.2, 0.25) is 10.0 Å². The molecule has 1 aromatic carbocycles. The highest BCUT2D eigenvalue weighted by atomic mass is 35.5. The lowest BCUT2D eigenvalue weighted by atomic mass is 10.3. The number of urea groups is 1. The van der Waals surface area contributed by atoms with Crippen LogP contribution in [0.15, 0.2) is 18.2 Å². The average Bonchev–Trinajstić information content (AvgIpc) is 2.34. The van der Waals surface area contributed by atoms with Crippen LogP contribution in [0.1, 0.15) is 13.8 Å². The van der Waals surface area contributed by atoms with Gasteiger partial charge in [-0.05, 0) is 26.0 Å². The lowest BCUT2D eigenvalue weighted by molar-refractivity contribution is 0.239. The molecular weight excluding hydrogens is 349 g/mol. The number of anilines is 1. The Labute approximate surface area is 140 Å². The lowest BCUT2D eigenvalue weighted by Crippen LogP contribution is -2.44. The molecule has 9 heteroatoms. The third-order valence-corrected chi connectivity index (χ3v) is 4.38. The molecule has 1 aromatic rings. The highest BCUT2D eigenvalue weighted by Gasteiger charge is 2.22. The first-order valence-corrected chi connectivity index (χ1v) is 9.19. The first kappa shape index (κ1) is 18.9. The van der Waals surface area contributed by atoms with Crippen molar-refractivity contribution in [3.05, 3.63) is 28.2 Å². The number of para-hydroxylation sites is 1. The van der Waals surface area contributed by atoms with Crippen molar-refractivity contribution in [3.63, 3.8) is 0 Å². The number of hydrogen-bond donors (Lipinski definition) is 2. The number of carbonyl (C=O) groups excluding carboxylic acids is 1. The molecule has 22 heavy (non-hydrogen) atoms. The molecule has 0 aliphatic carbocycles. The summed E-state index contributed by atoms with van der Waals surface area (Å²) in [6.07, 6.45) is 1.06. The highest BCUT2D eigenvalue weighted by molar-refractivity contribution is 7.92. The second-order valence-electron chi connectivity index (χ2n) is 4.96. The van der Waals surface area contributed by atoms with Gasteiger partial charge in [0.25, 0.3) is 0 Å². The van der Waals surface area contributed by atoms with Crippen LogP contribution >= 0.6 is 23.2 Å². The molecule has 0 bridgehead atoms. The van der Waals surface area contributed by atoms with E-state index in [4.69, 9.17) is 23.2 Å². The van der Waals surface area contributed by atoms with Crippen LogP contribution < -0.4 is 14.9 Å². The van der Waals surface area contributed by atoms with E-state index < -0.39 is 10.0 Å². The summed E-state index contributed by atoms with van der Waals surface area (Å²) in [5.41, 5.74) is 0.208. The SMILES string of the molecule is CC(C)NC(=O)NCCN(c1c(Cl)cccc1Cl)S(C)(=O)=O. The van der Waals surface area contributed by atoms with Gasteiger partial charge in [0.1, 0.15) is 0 Å². The minimum absolute atomic E-state index is 0.0102. The van der Waals surface area contributed by atoms with E-state index in [0.29, 0.717) is 0 Å². The van der Waals surface area contributed by atoms with E-state index in [9.17, 15) is 13.2 Å². The molecule has 2 N–H and O–H groups in total. The van der Waals surface area contributed by atoms with Crippen LogP contribution in [0.5, 0.6) is 0 Å². The third kappa shape index (κ3) is 5.55. The molecule has 0 aromatic heterocycles. The number of nitrogens with one attached hydrogen (secondary N) is 2. The summed E-state index contributed by atoms with van der Waals surface area (Å²) in [4.78, 5) is 11.5. The van der Waals surface area contributed by atoms with Crippen LogP contribution in [0.2, 0.25) is 10.0 Å². The maximum atomic E-state index is 12.0. The van der Waals surface area contributed by atoms with Crippen molar-refractivity contribution in [1.29, 1.82) is 0 Å². The molecule has 2 amide bonds. The van der Waals surface area contributed by atoms with E-state index in [2.05, 4.69) is 10.6 Å². The van der Waals surface area contributed by atoms with Crippen LogP contribution in [0.4, 0.5) is 10.5 Å². The molecule has 6 nitrogen and oxygen atoms in total. The van der Waals surface area contributed by atoms with Gasteiger partial charge in [-0.2, -0.15) is 0 Å². The van der Waals surface area contributed by atoms with E-state index in [1.165, 1.54) is 0 Å². The van der Waals surface area contributed by atoms with Gasteiger partial charge in [-0.25, -0.2) is 13.2 Å². The molecule has 0 saturated carbocycles. The van der Waals surface area contributed by atoms with Crippen molar-refractivity contribution in [1.82, 2.24) is 10.6 Å². The zero-order valence-electron chi connectivity index (χ0n) is 12.6. The minimum Gasteiger partial charge on any atom is -0.336 e. The van der Waals surface area contributed by atoms with Gasteiger partial charge in [-0.3, -0.25) is 4.31 Å². The van der Waals surface area contributed by atoms with Crippen LogP contribution in [-0.4, -0.2) is 39.8 Å². The van der Waals surface area contributed by atoms with Gasteiger partial charge in [0.05, 0.1) is 28.5 Å². The van der Waals surface area contributed by atoms with E-state index in [-0.39, 0.29) is 40.9 Å². The number of halogens is 2. The molecule has 0 unspecified atom stereocenters. The van der Waals surface area contributed by atoms with Gasteiger partial charge in [0.15, 0.2) is 0 Å². The quantitative estimate of drug-likeness (QED) is 0.810. The molecule has 0 aliphatic rings. The van der Waals surface area contributed by atoms with E-state index >= 15 is 0 Å². The number of nitrogens with zero attached hydrogens (tertiary/aromatic N) is 1. The van der Waals surface area contributed by atoms with Gasteiger partial charge in [-0.15, -0.1) is 0 Å². The summed E-state index contributed by atoms with van der Waals surface area (Å²) in [7, 11) is -3.59. The normalized spacial score (nSPS) is 11.4. The third-order valence-electron chi connectivity index (χ3n) is 2.61. The molecule has 0 aliphatic heterocycles. The van der Waals surface area contributed by atoms with Crippen LogP contribution in [-0.2, 0) is 10.0 Å². The number of amides is 2. The summed E-state index contributed by atoms with van der Waals surface area (Å²) in [5.74, 6) is 0. The Kier molecular flexibility index (Phi) is 6.77. The van der Waals surface area contributed by atoms with Crippen molar-refractivity contribution >= 4 is 44.9 Å². The van der Waals surface area contributed by atoms with Gasteiger partial charge in [0, 0.05) is 12.6 Å². The van der Waals surface area contributed by atoms with E-state index in [0.717, 1.165) is 10.6 Å². The van der Waals surface area contributed by atoms with Crippen molar-refractivity contribution in [2.75, 3.05) is 23.7 Å². The largest absolute Gasteiger partial charge is 0.336 e. The Morgan fingerprint density at radius 2 is 1.82 bits per heavy atom. The molecule has 124 valence electrons. The Hall–Kier alpha value is -1.18. The summed E-state index contributed by atoms with van der Waals surface area (Å²) in [5, 5.41) is 5.68. The Balaban J connectivity index is 2.87. The van der Waals surface area contributed by atoms with Gasteiger partial charge >= 0.3 is 6.03 Å². The maximum Gasteiger partial charge on any atom is 0.315 e. The van der Waals surface area contributed by atoms with Crippen LogP contribution in [0.3, 0.4) is 0 Å². The Morgan fingerprint density at radius 1 is 1.27 bits per heavy atom. The summed E-state index contributed by atoms with van der Waals surface area (Å²) in [6.45, 7) is 3.79. The maximum absolute atomic E-state index is 12.0. The topological polar surface area (TPSA) is 78.5 Å². The fraction of sp³-hybridized carbons (Fsp3) is 0.462. The number of rotatable bonds is 6. The van der Waals surface area contributed by atoms with Gasteiger partial charge < -0.3 is 10.6 Å². The first-order valence-electron chi connectivity index (χ1n) is 6.59. The smallest absolute Gasteiger partial charge is 0.315 e. The number of hydrogen-bond acceptors (Lipinski definition) is 3. The van der Waals surface area contributed by atoms with Crippen LogP contribution in [0.25, 0.3) is 0 Å². The molecule has 0 heterocycles. The standard InChI is InChI=1S/C13H19Cl2N3O3S/c1-9(2)17-13(19)16-7-8-18(22(3,20)21)12-10(14)5-4-6-11(12)15/h4-6,9H,7-8H2,1-3H3,(H2,16,17,19). The van der Waals surface area contributed by atoms with Crippen molar-refractivity contribution in [2.45, 2.75) is 19.9 Å². The zero-order valence-corrected chi connectivity index (χ0v) is 14.9. The fourth-order valence-electron chi connectivity index (χ4n) is 1.75. The molecule has 0 radical (unpaired) electrons. The summed E-state index contributed by atoms with van der Waals surface area (Å²) < 4.78 is 25.0. The second kappa shape index (κ2) is 7.89. The molecular formula is C13H19Cl2N3O3S. The van der Waals surface area contributed by atoms with Crippen LogP contribution in [0, 0.1) is 0 Å². The number of benzene rings is 1. The Morgan fingerprint density at radius 3 is 2.27 bits per heavy atom. The monoisotopic (exact) mass is 367 g/mol. The predicted molar refractivity (Wildman–Crippen MR) is 90.3 cm³/mol. The van der Waals surface area contributed by atoms with Crippen molar-refractivity contribution in [3.8, 4) is 0 Å². The van der Waals surface area contributed by atoms with Gasteiger partial charge in [-0.1, -0.05) is 29.3 Å². The second-order valence-corrected chi connectivity index (χ2v) is 7.68. The zero-order chi connectivity index (χ0) is 16.9. The fourth-order valence-corrected chi connectivity index (χ4v) is 3.41. The molecule has 0 spiro atoms. The van der Waals surface area contributed by atoms with Crippen molar-refractivity contribution in [2.24, 2.45) is 0 Å². The molecule has 0 fully saturated rings. The minimum atomic E-state index is -3.59. The average molecular weight is 368 g/mol. The predicted octanol–water partition coefficient (Wildman–Crippen LogP) is 2.47.